The van der Waals surface area contributed by atoms with Crippen molar-refractivity contribution in [1.82, 2.24) is 0 Å². The summed E-state index contributed by atoms with van der Waals surface area (Å²) in [5.41, 5.74) is 0.269. The Bertz CT molecular complexity index is 671. The molecule has 21 heavy (non-hydrogen) atoms. The Kier molecular flexibility index (Phi) is 5.56. The number of ether oxygens (including phenoxy) is 2. The monoisotopic (exact) mass is 335 g/mol. The number of rotatable bonds is 7. The van der Waals surface area contributed by atoms with E-state index >= 15 is 0 Å². The first-order valence-corrected chi connectivity index (χ1v) is 8.12. The minimum atomic E-state index is -4.23. The minimum Gasteiger partial charge on any atom is -0.492 e. The summed E-state index contributed by atoms with van der Waals surface area (Å²) in [5, 5.41) is 10.9. The number of non-ortho nitro benzene ring substituents is 1. The van der Waals surface area contributed by atoms with E-state index in [-0.39, 0.29) is 18.1 Å². The van der Waals surface area contributed by atoms with Gasteiger partial charge in [-0.05, 0) is 12.0 Å². The van der Waals surface area contributed by atoms with E-state index in [1.54, 1.807) is 0 Å². The van der Waals surface area contributed by atoms with Crippen LogP contribution < -0.4 is 9.47 Å². The van der Waals surface area contributed by atoms with E-state index in [9.17, 15) is 18.5 Å². The van der Waals surface area contributed by atoms with Gasteiger partial charge < -0.3 is 9.47 Å². The molecule has 0 radical (unpaired) electrons. The van der Waals surface area contributed by atoms with Crippen LogP contribution in [0.3, 0.4) is 0 Å². The van der Waals surface area contributed by atoms with E-state index < -0.39 is 24.6 Å². The van der Waals surface area contributed by atoms with Crippen molar-refractivity contribution in [3.05, 3.63) is 34.4 Å². The lowest BCUT2D eigenvalue weighted by molar-refractivity contribution is -0.385. The van der Waals surface area contributed by atoms with Gasteiger partial charge in [-0.15, -0.1) is 0 Å². The average Bonchev–Trinajstić information content (AvgIpc) is 2.42. The summed E-state index contributed by atoms with van der Waals surface area (Å²) in [6.45, 7) is 5.67. The van der Waals surface area contributed by atoms with Crippen molar-refractivity contribution in [3.8, 4) is 11.5 Å². The SMILES string of the molecule is C=C(CC)COc1cc([N+](=O)[O-])cc(S(=O)(=O)Cl)c1OC. The highest BCUT2D eigenvalue weighted by Crippen LogP contribution is 2.39. The standard InChI is InChI=1S/C12H14ClNO6S/c1-4-8(2)7-20-10-5-9(14(15)16)6-11(12(10)19-3)21(13,17)18/h5-6H,2,4,7H2,1,3H3. The molecule has 0 aliphatic rings. The number of nitro groups is 1. The molecule has 0 atom stereocenters. The lowest BCUT2D eigenvalue weighted by atomic mass is 10.2. The maximum atomic E-state index is 11.5. The summed E-state index contributed by atoms with van der Waals surface area (Å²) >= 11 is 0. The van der Waals surface area contributed by atoms with Crippen LogP contribution in [0.4, 0.5) is 5.69 Å². The molecule has 0 saturated carbocycles. The third-order valence-corrected chi connectivity index (χ3v) is 3.94. The molecule has 7 nitrogen and oxygen atoms in total. The van der Waals surface area contributed by atoms with Gasteiger partial charge in [0, 0.05) is 16.7 Å². The third-order valence-electron chi connectivity index (χ3n) is 2.61. The highest BCUT2D eigenvalue weighted by Gasteiger charge is 2.26. The molecule has 0 unspecified atom stereocenters. The van der Waals surface area contributed by atoms with E-state index in [0.717, 1.165) is 17.7 Å². The van der Waals surface area contributed by atoms with Crippen molar-refractivity contribution in [2.24, 2.45) is 0 Å². The van der Waals surface area contributed by atoms with E-state index in [0.29, 0.717) is 6.42 Å². The zero-order chi connectivity index (χ0) is 16.2. The van der Waals surface area contributed by atoms with Crippen molar-refractivity contribution < 1.29 is 22.8 Å². The summed E-state index contributed by atoms with van der Waals surface area (Å²) in [5.74, 6) is -0.264. The average molecular weight is 336 g/mol. The fraction of sp³-hybridized carbons (Fsp3) is 0.333. The second kappa shape index (κ2) is 6.77. The Morgan fingerprint density at radius 2 is 2.10 bits per heavy atom. The van der Waals surface area contributed by atoms with Crippen LogP contribution in [0.5, 0.6) is 11.5 Å². The smallest absolute Gasteiger partial charge is 0.274 e. The predicted molar refractivity (Wildman–Crippen MR) is 77.6 cm³/mol. The van der Waals surface area contributed by atoms with Gasteiger partial charge in [0.2, 0.25) is 0 Å². The molecule has 0 N–H and O–H groups in total. The molecule has 0 bridgehead atoms. The summed E-state index contributed by atoms with van der Waals surface area (Å²) < 4.78 is 33.4. The minimum absolute atomic E-state index is 0.0792. The molecule has 1 aromatic carbocycles. The molecule has 1 rings (SSSR count). The number of benzene rings is 1. The van der Waals surface area contributed by atoms with Gasteiger partial charge in [0.25, 0.3) is 14.7 Å². The topological polar surface area (TPSA) is 95.7 Å². The van der Waals surface area contributed by atoms with Gasteiger partial charge in [-0.1, -0.05) is 13.5 Å². The van der Waals surface area contributed by atoms with Crippen LogP contribution >= 0.6 is 10.7 Å². The van der Waals surface area contributed by atoms with Crippen LogP contribution in [0.1, 0.15) is 13.3 Å². The van der Waals surface area contributed by atoms with Gasteiger partial charge in [-0.25, -0.2) is 8.42 Å². The molecular weight excluding hydrogens is 322 g/mol. The first-order chi connectivity index (χ1) is 9.70. The van der Waals surface area contributed by atoms with Crippen LogP contribution in [-0.4, -0.2) is 27.1 Å². The van der Waals surface area contributed by atoms with Crippen LogP contribution in [-0.2, 0) is 9.05 Å². The molecule has 116 valence electrons. The lowest BCUT2D eigenvalue weighted by Crippen LogP contribution is -2.05. The second-order valence-corrected chi connectivity index (χ2v) is 6.60. The fourth-order valence-corrected chi connectivity index (χ4v) is 2.45. The molecule has 9 heteroatoms. The largest absolute Gasteiger partial charge is 0.492 e. The Morgan fingerprint density at radius 3 is 2.52 bits per heavy atom. The Hall–Kier alpha value is -1.80. The van der Waals surface area contributed by atoms with Crippen molar-refractivity contribution >= 4 is 25.4 Å². The van der Waals surface area contributed by atoms with Crippen LogP contribution in [0.15, 0.2) is 29.2 Å². The number of halogens is 1. The van der Waals surface area contributed by atoms with E-state index in [2.05, 4.69) is 6.58 Å². The van der Waals surface area contributed by atoms with Crippen molar-refractivity contribution in [3.63, 3.8) is 0 Å². The molecule has 0 saturated heterocycles. The molecule has 0 aliphatic heterocycles. The molecule has 0 aliphatic carbocycles. The molecule has 1 aromatic rings. The fourth-order valence-electron chi connectivity index (χ4n) is 1.44. The van der Waals surface area contributed by atoms with Crippen molar-refractivity contribution in [2.45, 2.75) is 18.2 Å². The second-order valence-electron chi connectivity index (χ2n) is 4.06. The molecule has 0 fully saturated rings. The zero-order valence-corrected chi connectivity index (χ0v) is 13.0. The summed E-state index contributed by atoms with van der Waals surface area (Å²) in [6, 6.07) is 1.90. The predicted octanol–water partition coefficient (Wildman–Crippen LogP) is 2.88. The normalized spacial score (nSPS) is 11.0. The van der Waals surface area contributed by atoms with Gasteiger partial charge in [0.05, 0.1) is 18.1 Å². The maximum absolute atomic E-state index is 11.5. The summed E-state index contributed by atoms with van der Waals surface area (Å²) in [7, 11) is 2.27. The molecule has 0 spiro atoms. The Labute approximate surface area is 126 Å². The number of nitro benzene ring substituents is 1. The van der Waals surface area contributed by atoms with Gasteiger partial charge in [0.15, 0.2) is 11.5 Å². The highest BCUT2D eigenvalue weighted by atomic mass is 35.7. The first-order valence-electron chi connectivity index (χ1n) is 5.81. The Morgan fingerprint density at radius 1 is 1.48 bits per heavy atom. The molecule has 0 aromatic heterocycles. The highest BCUT2D eigenvalue weighted by molar-refractivity contribution is 8.13. The van der Waals surface area contributed by atoms with Crippen LogP contribution in [0.25, 0.3) is 0 Å². The molecular formula is C12H14ClNO6S. The lowest BCUT2D eigenvalue weighted by Gasteiger charge is -2.13. The van der Waals surface area contributed by atoms with E-state index in [4.69, 9.17) is 20.2 Å². The number of methoxy groups -OCH3 is 1. The Balaban J connectivity index is 3.42. The number of hydrogen-bond acceptors (Lipinski definition) is 6. The van der Waals surface area contributed by atoms with E-state index in [1.807, 2.05) is 6.92 Å². The third kappa shape index (κ3) is 4.33. The number of hydrogen-bond donors (Lipinski definition) is 0. The maximum Gasteiger partial charge on any atom is 0.274 e. The first kappa shape index (κ1) is 17.3. The zero-order valence-electron chi connectivity index (χ0n) is 11.5. The van der Waals surface area contributed by atoms with Gasteiger partial charge >= 0.3 is 0 Å². The van der Waals surface area contributed by atoms with Crippen LogP contribution in [0.2, 0.25) is 0 Å². The summed E-state index contributed by atoms with van der Waals surface area (Å²) in [6.07, 6.45) is 0.651. The van der Waals surface area contributed by atoms with Gasteiger partial charge in [0.1, 0.15) is 11.5 Å². The van der Waals surface area contributed by atoms with Gasteiger partial charge in [-0.2, -0.15) is 0 Å². The molecule has 0 amide bonds. The number of nitrogens with zero attached hydrogens (tertiary/aromatic N) is 1. The van der Waals surface area contributed by atoms with Crippen LogP contribution in [0, 0.1) is 10.1 Å². The quantitative estimate of drug-likeness (QED) is 0.329. The molecule has 0 heterocycles. The van der Waals surface area contributed by atoms with Crippen molar-refractivity contribution in [2.75, 3.05) is 13.7 Å². The van der Waals surface area contributed by atoms with Gasteiger partial charge in [-0.3, -0.25) is 10.1 Å². The van der Waals surface area contributed by atoms with E-state index in [1.165, 1.54) is 7.11 Å². The summed E-state index contributed by atoms with van der Waals surface area (Å²) in [4.78, 5) is 9.62. The van der Waals surface area contributed by atoms with Crippen molar-refractivity contribution in [1.29, 1.82) is 0 Å².